The summed E-state index contributed by atoms with van der Waals surface area (Å²) in [4.78, 5) is 12.6. The Morgan fingerprint density at radius 3 is 2.38 bits per heavy atom. The Kier molecular flexibility index (Phi) is 1.62. The molecular formula is C9H10N4. The molecule has 0 fully saturated rings. The van der Waals surface area contributed by atoms with Gasteiger partial charge in [0.1, 0.15) is 11.3 Å². The van der Waals surface area contributed by atoms with Crippen LogP contribution >= 0.6 is 0 Å². The third-order valence-corrected chi connectivity index (χ3v) is 1.98. The molecule has 0 saturated heterocycles. The van der Waals surface area contributed by atoms with Crippen molar-refractivity contribution in [1.82, 2.24) is 15.0 Å². The van der Waals surface area contributed by atoms with Gasteiger partial charge in [-0.1, -0.05) is 0 Å². The van der Waals surface area contributed by atoms with Gasteiger partial charge in [0.15, 0.2) is 0 Å². The van der Waals surface area contributed by atoms with Gasteiger partial charge in [0.05, 0.1) is 23.1 Å². The van der Waals surface area contributed by atoms with Gasteiger partial charge in [-0.2, -0.15) is 0 Å². The summed E-state index contributed by atoms with van der Waals surface area (Å²) in [6.07, 6.45) is 1.64. The number of aromatic nitrogens is 3. The van der Waals surface area contributed by atoms with E-state index < -0.39 is 0 Å². The van der Waals surface area contributed by atoms with Gasteiger partial charge >= 0.3 is 0 Å². The zero-order chi connectivity index (χ0) is 9.42. The molecule has 0 spiro atoms. The van der Waals surface area contributed by atoms with E-state index in [1.54, 1.807) is 12.3 Å². The van der Waals surface area contributed by atoms with Crippen LogP contribution in [0.1, 0.15) is 11.4 Å². The van der Waals surface area contributed by atoms with E-state index in [1.807, 2.05) is 13.8 Å². The summed E-state index contributed by atoms with van der Waals surface area (Å²) in [6, 6.07) is 1.73. The molecule has 2 heterocycles. The molecule has 13 heavy (non-hydrogen) atoms. The maximum atomic E-state index is 5.53. The van der Waals surface area contributed by atoms with Gasteiger partial charge in [-0.25, -0.2) is 15.0 Å². The van der Waals surface area contributed by atoms with Crippen LogP contribution in [0.3, 0.4) is 0 Å². The van der Waals surface area contributed by atoms with Crippen LogP contribution in [0, 0.1) is 13.8 Å². The first-order valence-corrected chi connectivity index (χ1v) is 4.03. The normalized spacial score (nSPS) is 10.6. The monoisotopic (exact) mass is 174 g/mol. The van der Waals surface area contributed by atoms with Gasteiger partial charge in [-0.15, -0.1) is 0 Å². The summed E-state index contributed by atoms with van der Waals surface area (Å²) in [5.41, 5.74) is 8.98. The Labute approximate surface area is 75.8 Å². The van der Waals surface area contributed by atoms with Crippen molar-refractivity contribution in [2.75, 3.05) is 5.73 Å². The summed E-state index contributed by atoms with van der Waals surface area (Å²) in [5, 5.41) is 0. The number of nitrogens with two attached hydrogens (primary N) is 1. The zero-order valence-corrected chi connectivity index (χ0v) is 7.57. The number of fused-ring (bicyclic) bond motifs is 1. The first-order valence-electron chi connectivity index (χ1n) is 4.03. The lowest BCUT2D eigenvalue weighted by atomic mass is 10.3. The quantitative estimate of drug-likeness (QED) is 0.652. The van der Waals surface area contributed by atoms with Gasteiger partial charge < -0.3 is 5.73 Å². The van der Waals surface area contributed by atoms with E-state index in [9.17, 15) is 0 Å². The summed E-state index contributed by atoms with van der Waals surface area (Å²) in [6.45, 7) is 3.86. The fraction of sp³-hybridized carbons (Fsp3) is 0.222. The van der Waals surface area contributed by atoms with Crippen molar-refractivity contribution in [2.45, 2.75) is 13.8 Å². The number of hydrogen-bond acceptors (Lipinski definition) is 4. The van der Waals surface area contributed by atoms with E-state index >= 15 is 0 Å². The molecule has 4 heteroatoms. The topological polar surface area (TPSA) is 64.7 Å². The molecule has 0 unspecified atom stereocenters. The molecule has 0 aliphatic carbocycles. The van der Waals surface area contributed by atoms with E-state index in [2.05, 4.69) is 15.0 Å². The number of pyridine rings is 1. The molecule has 0 bridgehead atoms. The molecular weight excluding hydrogens is 164 g/mol. The Morgan fingerprint density at radius 2 is 1.69 bits per heavy atom. The summed E-state index contributed by atoms with van der Waals surface area (Å²) < 4.78 is 0. The Hall–Kier alpha value is -1.71. The van der Waals surface area contributed by atoms with Crippen LogP contribution < -0.4 is 5.73 Å². The fourth-order valence-corrected chi connectivity index (χ4v) is 1.15. The molecule has 0 radical (unpaired) electrons. The number of rotatable bonds is 0. The molecule has 2 N–H and O–H groups in total. The van der Waals surface area contributed by atoms with Crippen LogP contribution in [0.25, 0.3) is 11.0 Å². The lowest BCUT2D eigenvalue weighted by Gasteiger charge is -2.01. The largest absolute Gasteiger partial charge is 0.384 e. The molecule has 2 aromatic heterocycles. The molecule has 0 amide bonds. The highest BCUT2D eigenvalue weighted by molar-refractivity contribution is 5.75. The Bertz CT molecular complexity index is 464. The molecule has 0 aliphatic rings. The third kappa shape index (κ3) is 1.30. The summed E-state index contributed by atoms with van der Waals surface area (Å²) in [7, 11) is 0. The predicted molar refractivity (Wildman–Crippen MR) is 51.2 cm³/mol. The zero-order valence-electron chi connectivity index (χ0n) is 7.57. The minimum Gasteiger partial charge on any atom is -0.384 e. The third-order valence-electron chi connectivity index (χ3n) is 1.98. The number of nitrogen functional groups attached to an aromatic ring is 1. The maximum Gasteiger partial charge on any atom is 0.125 e. The molecule has 2 aromatic rings. The SMILES string of the molecule is Cc1nc2cnc(N)cc2nc1C. The van der Waals surface area contributed by atoms with E-state index in [4.69, 9.17) is 5.73 Å². The Balaban J connectivity index is 2.81. The van der Waals surface area contributed by atoms with Crippen molar-refractivity contribution in [2.24, 2.45) is 0 Å². The van der Waals surface area contributed by atoms with Crippen LogP contribution in [0.4, 0.5) is 5.82 Å². The highest BCUT2D eigenvalue weighted by Crippen LogP contribution is 2.12. The van der Waals surface area contributed by atoms with Crippen molar-refractivity contribution in [1.29, 1.82) is 0 Å². The maximum absolute atomic E-state index is 5.53. The van der Waals surface area contributed by atoms with E-state index in [-0.39, 0.29) is 0 Å². The average Bonchev–Trinajstić information content (AvgIpc) is 2.08. The van der Waals surface area contributed by atoms with E-state index in [0.717, 1.165) is 22.4 Å². The minimum absolute atomic E-state index is 0.477. The predicted octanol–water partition coefficient (Wildman–Crippen LogP) is 1.22. The van der Waals surface area contributed by atoms with Crippen molar-refractivity contribution in [3.05, 3.63) is 23.7 Å². The second-order valence-electron chi connectivity index (χ2n) is 2.99. The van der Waals surface area contributed by atoms with Crippen LogP contribution in [-0.4, -0.2) is 15.0 Å². The second-order valence-corrected chi connectivity index (χ2v) is 2.99. The molecule has 0 saturated carbocycles. The molecule has 2 rings (SSSR count). The average molecular weight is 174 g/mol. The van der Waals surface area contributed by atoms with Crippen molar-refractivity contribution < 1.29 is 0 Å². The number of aryl methyl sites for hydroxylation is 2. The van der Waals surface area contributed by atoms with Gasteiger partial charge in [-0.3, -0.25) is 0 Å². The summed E-state index contributed by atoms with van der Waals surface area (Å²) >= 11 is 0. The first kappa shape index (κ1) is 7.91. The van der Waals surface area contributed by atoms with Crippen LogP contribution in [-0.2, 0) is 0 Å². The van der Waals surface area contributed by atoms with Crippen molar-refractivity contribution >= 4 is 16.9 Å². The fourth-order valence-electron chi connectivity index (χ4n) is 1.15. The van der Waals surface area contributed by atoms with Gasteiger partial charge in [0.25, 0.3) is 0 Å². The van der Waals surface area contributed by atoms with Crippen molar-refractivity contribution in [3.63, 3.8) is 0 Å². The molecule has 0 aliphatic heterocycles. The standard InChI is InChI=1S/C9H10N4/c1-5-6(2)13-8-4-11-9(10)3-7(8)12-5/h3-4H,1-2H3,(H2,10,11). The minimum atomic E-state index is 0.477. The van der Waals surface area contributed by atoms with E-state index in [1.165, 1.54) is 0 Å². The van der Waals surface area contributed by atoms with Crippen LogP contribution in [0.5, 0.6) is 0 Å². The lowest BCUT2D eigenvalue weighted by Crippen LogP contribution is -1.96. The van der Waals surface area contributed by atoms with Gasteiger partial charge in [0, 0.05) is 6.07 Å². The van der Waals surface area contributed by atoms with Crippen LogP contribution in [0.2, 0.25) is 0 Å². The lowest BCUT2D eigenvalue weighted by molar-refractivity contribution is 1.09. The molecule has 0 atom stereocenters. The molecule has 66 valence electrons. The first-order chi connectivity index (χ1) is 6.16. The molecule has 4 nitrogen and oxygen atoms in total. The van der Waals surface area contributed by atoms with Gasteiger partial charge in [-0.05, 0) is 13.8 Å². The smallest absolute Gasteiger partial charge is 0.125 e. The number of nitrogens with zero attached hydrogens (tertiary/aromatic N) is 3. The number of hydrogen-bond donors (Lipinski definition) is 1. The van der Waals surface area contributed by atoms with E-state index in [0.29, 0.717) is 5.82 Å². The summed E-state index contributed by atoms with van der Waals surface area (Å²) in [5.74, 6) is 0.477. The highest BCUT2D eigenvalue weighted by atomic mass is 14.9. The molecule has 0 aromatic carbocycles. The highest BCUT2D eigenvalue weighted by Gasteiger charge is 2.01. The second kappa shape index (κ2) is 2.65. The van der Waals surface area contributed by atoms with Crippen LogP contribution in [0.15, 0.2) is 12.3 Å². The number of anilines is 1. The Morgan fingerprint density at radius 1 is 1.08 bits per heavy atom. The van der Waals surface area contributed by atoms with Gasteiger partial charge in [0.2, 0.25) is 0 Å². The van der Waals surface area contributed by atoms with Crippen molar-refractivity contribution in [3.8, 4) is 0 Å².